The van der Waals surface area contributed by atoms with Gasteiger partial charge < -0.3 is 5.32 Å². The molecule has 11 heteroatoms. The van der Waals surface area contributed by atoms with Gasteiger partial charge in [-0.25, -0.2) is 4.98 Å². The molecule has 1 N–H and O–H groups in total. The Labute approximate surface area is 170 Å². The van der Waals surface area contributed by atoms with Gasteiger partial charge in [0.2, 0.25) is 0 Å². The molecule has 3 aromatic heterocycles. The Morgan fingerprint density at radius 1 is 0.806 bits per heavy atom. The van der Waals surface area contributed by atoms with Crippen LogP contribution < -0.4 is 5.32 Å². The van der Waals surface area contributed by atoms with Crippen molar-refractivity contribution >= 4 is 22.4 Å². The van der Waals surface area contributed by atoms with Crippen molar-refractivity contribution in [3.63, 3.8) is 0 Å². The predicted molar refractivity (Wildman–Crippen MR) is 100 cm³/mol. The largest absolute Gasteiger partial charge is 0.418 e. The molecular formula is C20H11F6N5. The van der Waals surface area contributed by atoms with Gasteiger partial charge in [0.05, 0.1) is 34.2 Å². The fraction of sp³-hybridized carbons (Fsp3) is 0.100. The topological polar surface area (TPSA) is 63.6 Å². The third-order valence-electron chi connectivity index (χ3n) is 4.38. The highest BCUT2D eigenvalue weighted by atomic mass is 19.4. The number of hydrogen-bond acceptors (Lipinski definition) is 5. The van der Waals surface area contributed by atoms with Crippen LogP contribution in [0.1, 0.15) is 11.1 Å². The molecule has 0 spiro atoms. The lowest BCUT2D eigenvalue weighted by Crippen LogP contribution is -2.08. The molecule has 158 valence electrons. The molecule has 5 nitrogen and oxygen atoms in total. The van der Waals surface area contributed by atoms with E-state index in [1.807, 2.05) is 0 Å². The number of aromatic nitrogens is 4. The second-order valence-corrected chi connectivity index (χ2v) is 6.44. The number of alkyl halides is 6. The van der Waals surface area contributed by atoms with E-state index in [1.165, 1.54) is 36.7 Å². The van der Waals surface area contributed by atoms with Crippen molar-refractivity contribution < 1.29 is 26.3 Å². The number of anilines is 2. The molecule has 0 radical (unpaired) electrons. The molecule has 4 aromatic rings. The highest BCUT2D eigenvalue weighted by Crippen LogP contribution is 2.37. The van der Waals surface area contributed by atoms with Gasteiger partial charge in [-0.1, -0.05) is 6.07 Å². The molecular weight excluding hydrogens is 424 g/mol. The molecule has 0 fully saturated rings. The minimum Gasteiger partial charge on any atom is -0.338 e. The molecule has 31 heavy (non-hydrogen) atoms. The zero-order valence-electron chi connectivity index (χ0n) is 15.3. The molecule has 0 aliphatic carbocycles. The molecule has 0 unspecified atom stereocenters. The van der Waals surface area contributed by atoms with E-state index >= 15 is 0 Å². The van der Waals surface area contributed by atoms with E-state index in [-0.39, 0.29) is 22.6 Å². The molecule has 0 aliphatic heterocycles. The standard InChI is InChI=1S/C20H11F6N5/c21-19(22,23)12-4-6-17(28-9-12)30-16-10-29-31-15-8-11(3-5-13(15)16)18-14(20(24,25)26)2-1-7-27-18/h1-10H,(H,28,30,31). The Morgan fingerprint density at radius 2 is 1.61 bits per heavy atom. The van der Waals surface area contributed by atoms with Gasteiger partial charge in [0.25, 0.3) is 0 Å². The van der Waals surface area contributed by atoms with Gasteiger partial charge in [-0.15, -0.1) is 0 Å². The van der Waals surface area contributed by atoms with Gasteiger partial charge in [0.1, 0.15) is 5.82 Å². The second-order valence-electron chi connectivity index (χ2n) is 6.44. The van der Waals surface area contributed by atoms with E-state index in [4.69, 9.17) is 0 Å². The number of pyridine rings is 2. The van der Waals surface area contributed by atoms with Crippen LogP contribution >= 0.6 is 0 Å². The van der Waals surface area contributed by atoms with Crippen LogP contribution in [0.15, 0.2) is 61.1 Å². The number of fused-ring (bicyclic) bond motifs is 1. The van der Waals surface area contributed by atoms with Crippen molar-refractivity contribution in [2.75, 3.05) is 5.32 Å². The predicted octanol–water partition coefficient (Wildman–Crippen LogP) is 5.87. The van der Waals surface area contributed by atoms with E-state index in [1.54, 1.807) is 0 Å². The quantitative estimate of drug-likeness (QED) is 0.408. The summed E-state index contributed by atoms with van der Waals surface area (Å²) in [7, 11) is 0. The van der Waals surface area contributed by atoms with Gasteiger partial charge in [-0.2, -0.15) is 36.5 Å². The SMILES string of the molecule is FC(F)(F)c1ccc(Nc2cnnc3cc(-c4ncccc4C(F)(F)F)ccc23)nc1. The highest BCUT2D eigenvalue weighted by Gasteiger charge is 2.34. The average molecular weight is 435 g/mol. The zero-order chi connectivity index (χ0) is 22.2. The van der Waals surface area contributed by atoms with Crippen molar-refractivity contribution in [3.8, 4) is 11.3 Å². The van der Waals surface area contributed by atoms with E-state index in [2.05, 4.69) is 25.5 Å². The summed E-state index contributed by atoms with van der Waals surface area (Å²) in [6.45, 7) is 0. The molecule has 0 atom stereocenters. The molecule has 1 aromatic carbocycles. The fourth-order valence-electron chi connectivity index (χ4n) is 2.94. The summed E-state index contributed by atoms with van der Waals surface area (Å²) in [6, 6.07) is 8.56. The lowest BCUT2D eigenvalue weighted by Gasteiger charge is -2.13. The van der Waals surface area contributed by atoms with E-state index < -0.39 is 23.5 Å². The van der Waals surface area contributed by atoms with Crippen LogP contribution in [0, 0.1) is 0 Å². The molecule has 0 amide bonds. The summed E-state index contributed by atoms with van der Waals surface area (Å²) in [5.41, 5.74) is -1.18. The first-order valence-electron chi connectivity index (χ1n) is 8.71. The van der Waals surface area contributed by atoms with Crippen molar-refractivity contribution in [1.29, 1.82) is 0 Å². The monoisotopic (exact) mass is 435 g/mol. The van der Waals surface area contributed by atoms with E-state index in [0.29, 0.717) is 17.3 Å². The van der Waals surface area contributed by atoms with Crippen molar-refractivity contribution in [3.05, 3.63) is 72.2 Å². The Balaban J connectivity index is 1.70. The maximum atomic E-state index is 13.3. The van der Waals surface area contributed by atoms with Crippen LogP contribution in [0.5, 0.6) is 0 Å². The van der Waals surface area contributed by atoms with Gasteiger partial charge in [0.15, 0.2) is 0 Å². The Kier molecular flexibility index (Phi) is 4.96. The highest BCUT2D eigenvalue weighted by molar-refractivity contribution is 5.94. The van der Waals surface area contributed by atoms with Gasteiger partial charge in [-0.05, 0) is 36.4 Å². The summed E-state index contributed by atoms with van der Waals surface area (Å²) in [6.07, 6.45) is -5.80. The van der Waals surface area contributed by atoms with Gasteiger partial charge in [-0.3, -0.25) is 4.98 Å². The summed E-state index contributed by atoms with van der Waals surface area (Å²) in [5, 5.41) is 11.1. The van der Waals surface area contributed by atoms with Crippen molar-refractivity contribution in [2.45, 2.75) is 12.4 Å². The number of nitrogens with zero attached hydrogens (tertiary/aromatic N) is 4. The normalized spacial score (nSPS) is 12.2. The summed E-state index contributed by atoms with van der Waals surface area (Å²) >= 11 is 0. The Morgan fingerprint density at radius 3 is 2.29 bits per heavy atom. The first-order valence-corrected chi connectivity index (χ1v) is 8.71. The van der Waals surface area contributed by atoms with Gasteiger partial charge >= 0.3 is 12.4 Å². The lowest BCUT2D eigenvalue weighted by atomic mass is 10.0. The number of nitrogens with one attached hydrogen (secondary N) is 1. The number of rotatable bonds is 3. The Bertz CT molecular complexity index is 1240. The fourth-order valence-corrected chi connectivity index (χ4v) is 2.94. The van der Waals surface area contributed by atoms with Crippen LogP contribution in [0.25, 0.3) is 22.2 Å². The smallest absolute Gasteiger partial charge is 0.338 e. The van der Waals surface area contributed by atoms with Crippen LogP contribution in [0.2, 0.25) is 0 Å². The molecule has 0 aliphatic rings. The van der Waals surface area contributed by atoms with Crippen LogP contribution in [0.3, 0.4) is 0 Å². The molecule has 0 saturated heterocycles. The summed E-state index contributed by atoms with van der Waals surface area (Å²) in [4.78, 5) is 7.59. The number of halogens is 6. The first-order chi connectivity index (χ1) is 14.6. The summed E-state index contributed by atoms with van der Waals surface area (Å²) < 4.78 is 77.9. The lowest BCUT2D eigenvalue weighted by molar-refractivity contribution is -0.138. The van der Waals surface area contributed by atoms with Crippen LogP contribution in [0.4, 0.5) is 37.8 Å². The number of benzene rings is 1. The maximum absolute atomic E-state index is 13.3. The maximum Gasteiger partial charge on any atom is 0.418 e. The second kappa shape index (κ2) is 7.49. The van der Waals surface area contributed by atoms with Crippen LogP contribution in [-0.2, 0) is 12.4 Å². The third-order valence-corrected chi connectivity index (χ3v) is 4.38. The van der Waals surface area contributed by atoms with E-state index in [9.17, 15) is 26.3 Å². The minimum absolute atomic E-state index is 0.135. The van der Waals surface area contributed by atoms with Crippen molar-refractivity contribution in [2.24, 2.45) is 0 Å². The third kappa shape index (κ3) is 4.25. The molecule has 3 heterocycles. The van der Waals surface area contributed by atoms with Gasteiger partial charge in [0, 0.05) is 23.3 Å². The zero-order valence-corrected chi connectivity index (χ0v) is 15.3. The average Bonchev–Trinajstić information content (AvgIpc) is 2.73. The molecule has 0 bridgehead atoms. The van der Waals surface area contributed by atoms with Crippen molar-refractivity contribution in [1.82, 2.24) is 20.2 Å². The Hall–Kier alpha value is -3.76. The van der Waals surface area contributed by atoms with E-state index in [0.717, 1.165) is 18.2 Å². The number of hydrogen-bond donors (Lipinski definition) is 1. The minimum atomic E-state index is -4.58. The molecule has 0 saturated carbocycles. The summed E-state index contributed by atoms with van der Waals surface area (Å²) in [5.74, 6) is 0.135. The van der Waals surface area contributed by atoms with Crippen LogP contribution in [-0.4, -0.2) is 20.2 Å². The first kappa shape index (κ1) is 20.5. The molecule has 4 rings (SSSR count).